The first kappa shape index (κ1) is 20.1. The van der Waals surface area contributed by atoms with Gasteiger partial charge in [0.1, 0.15) is 17.5 Å². The van der Waals surface area contributed by atoms with Crippen LogP contribution in [0.2, 0.25) is 0 Å². The Morgan fingerprint density at radius 2 is 1.74 bits per heavy atom. The molecule has 2 aliphatic heterocycles. The summed E-state index contributed by atoms with van der Waals surface area (Å²) >= 11 is 1.62. The fourth-order valence-corrected chi connectivity index (χ4v) is 6.07. The van der Waals surface area contributed by atoms with Gasteiger partial charge >= 0.3 is 0 Å². The number of hydrogen-bond donors (Lipinski definition) is 2. The Labute approximate surface area is 185 Å². The lowest BCUT2D eigenvalue weighted by Gasteiger charge is -2.31. The Morgan fingerprint density at radius 3 is 2.45 bits per heavy atom. The van der Waals surface area contributed by atoms with Crippen molar-refractivity contribution in [3.8, 4) is 0 Å². The molecule has 0 bridgehead atoms. The molecule has 1 saturated carbocycles. The smallest absolute Gasteiger partial charge is 0.256 e. The van der Waals surface area contributed by atoms with Gasteiger partial charge in [-0.3, -0.25) is 14.4 Å². The maximum absolute atomic E-state index is 13.6. The van der Waals surface area contributed by atoms with Crippen LogP contribution in [0.3, 0.4) is 0 Å². The molecule has 31 heavy (non-hydrogen) atoms. The highest BCUT2D eigenvalue weighted by Gasteiger charge is 2.57. The second kappa shape index (κ2) is 7.41. The van der Waals surface area contributed by atoms with E-state index in [1.807, 2.05) is 68.4 Å². The molecule has 0 aromatic heterocycles. The molecule has 2 fully saturated rings. The number of hydrogen-bond acceptors (Lipinski definition) is 4. The quantitative estimate of drug-likeness (QED) is 0.756. The minimum atomic E-state index is -0.797. The third kappa shape index (κ3) is 3.51. The summed E-state index contributed by atoms with van der Waals surface area (Å²) in [4.78, 5) is 41.4. The molecule has 0 spiro atoms. The number of nitrogens with zero attached hydrogens (tertiary/aromatic N) is 1. The maximum Gasteiger partial charge on any atom is 0.256 e. The van der Waals surface area contributed by atoms with Gasteiger partial charge in [-0.2, -0.15) is 0 Å². The van der Waals surface area contributed by atoms with Gasteiger partial charge in [0, 0.05) is 16.4 Å². The SMILES string of the molecule is CC1(C)S[C@@H]2c3ccccc3C(=O)N2[C@@H]1C(=O)N[C@@H](C(=O)NC1CC1)c1ccccc1. The van der Waals surface area contributed by atoms with Gasteiger partial charge in [0.2, 0.25) is 11.8 Å². The fourth-order valence-electron chi connectivity index (χ4n) is 4.48. The summed E-state index contributed by atoms with van der Waals surface area (Å²) in [6.45, 7) is 3.97. The normalized spacial score (nSPS) is 24.3. The summed E-state index contributed by atoms with van der Waals surface area (Å²) in [5.74, 6) is -0.642. The minimum Gasteiger partial charge on any atom is -0.351 e. The molecule has 1 aliphatic carbocycles. The van der Waals surface area contributed by atoms with Crippen molar-refractivity contribution in [2.24, 2.45) is 0 Å². The number of carbonyl (C=O) groups excluding carboxylic acids is 3. The van der Waals surface area contributed by atoms with E-state index in [0.29, 0.717) is 5.56 Å². The lowest BCUT2D eigenvalue weighted by atomic mass is 9.99. The van der Waals surface area contributed by atoms with Crippen LogP contribution < -0.4 is 10.6 Å². The van der Waals surface area contributed by atoms with Gasteiger partial charge in [0.25, 0.3) is 5.91 Å². The van der Waals surface area contributed by atoms with E-state index in [-0.39, 0.29) is 29.1 Å². The summed E-state index contributed by atoms with van der Waals surface area (Å²) in [7, 11) is 0. The summed E-state index contributed by atoms with van der Waals surface area (Å²) in [5, 5.41) is 5.77. The Kier molecular flexibility index (Phi) is 4.81. The van der Waals surface area contributed by atoms with Gasteiger partial charge in [-0.05, 0) is 43.9 Å². The number of fused-ring (bicyclic) bond motifs is 3. The van der Waals surface area contributed by atoms with E-state index in [0.717, 1.165) is 24.0 Å². The van der Waals surface area contributed by atoms with Crippen molar-refractivity contribution < 1.29 is 14.4 Å². The number of nitrogens with one attached hydrogen (secondary N) is 2. The molecule has 7 heteroatoms. The second-order valence-corrected chi connectivity index (χ2v) is 10.6. The number of carbonyl (C=O) groups is 3. The third-order valence-electron chi connectivity index (χ3n) is 6.15. The molecule has 3 amide bonds. The zero-order chi connectivity index (χ0) is 21.8. The van der Waals surface area contributed by atoms with Crippen LogP contribution >= 0.6 is 11.8 Å². The Balaban J connectivity index is 1.44. The summed E-state index contributed by atoms with van der Waals surface area (Å²) in [6.07, 6.45) is 1.94. The highest BCUT2D eigenvalue weighted by Crippen LogP contribution is 2.56. The van der Waals surface area contributed by atoms with Crippen LogP contribution in [0.4, 0.5) is 0 Å². The molecule has 160 valence electrons. The molecule has 2 aromatic rings. The van der Waals surface area contributed by atoms with Crippen LogP contribution in [0.15, 0.2) is 54.6 Å². The van der Waals surface area contributed by atoms with E-state index in [1.165, 1.54) is 0 Å². The van der Waals surface area contributed by atoms with Gasteiger partial charge in [0.05, 0.1) is 0 Å². The molecule has 0 unspecified atom stereocenters. The molecule has 5 rings (SSSR count). The van der Waals surface area contributed by atoms with E-state index < -0.39 is 16.8 Å². The third-order valence-corrected chi connectivity index (χ3v) is 7.69. The highest BCUT2D eigenvalue weighted by atomic mass is 32.2. The first-order valence-electron chi connectivity index (χ1n) is 10.6. The second-order valence-electron chi connectivity index (χ2n) is 8.91. The fraction of sp³-hybridized carbons (Fsp3) is 0.375. The summed E-state index contributed by atoms with van der Waals surface area (Å²) < 4.78 is -0.494. The minimum absolute atomic E-state index is 0.127. The lowest BCUT2D eigenvalue weighted by molar-refractivity contribution is -0.132. The zero-order valence-electron chi connectivity index (χ0n) is 17.5. The average Bonchev–Trinajstić information content (AvgIpc) is 3.47. The lowest BCUT2D eigenvalue weighted by Crippen LogP contribution is -2.54. The standard InChI is InChI=1S/C24H25N3O3S/c1-24(2)19(27-22(30)16-10-6-7-11-17(16)23(27)31-24)21(29)26-18(14-8-4-3-5-9-14)20(28)25-15-12-13-15/h3-11,15,18-19,23H,12-13H2,1-2H3,(H,25,28)(H,26,29)/t18-,19-,23-/m1/s1. The van der Waals surface area contributed by atoms with Crippen LogP contribution in [0, 0.1) is 0 Å². The summed E-state index contributed by atoms with van der Waals surface area (Å²) in [6, 6.07) is 15.5. The number of benzene rings is 2. The van der Waals surface area contributed by atoms with Crippen LogP contribution in [-0.4, -0.2) is 39.5 Å². The van der Waals surface area contributed by atoms with Gasteiger partial charge in [-0.1, -0.05) is 48.5 Å². The van der Waals surface area contributed by atoms with Gasteiger partial charge < -0.3 is 15.5 Å². The Morgan fingerprint density at radius 1 is 1.06 bits per heavy atom. The van der Waals surface area contributed by atoms with Crippen LogP contribution in [-0.2, 0) is 9.59 Å². The summed E-state index contributed by atoms with van der Waals surface area (Å²) in [5.41, 5.74) is 2.33. The predicted octanol–water partition coefficient (Wildman–Crippen LogP) is 3.17. The number of thioether (sulfide) groups is 1. The van der Waals surface area contributed by atoms with E-state index in [2.05, 4.69) is 10.6 Å². The molecule has 2 N–H and O–H groups in total. The van der Waals surface area contributed by atoms with E-state index in [4.69, 9.17) is 0 Å². The van der Waals surface area contributed by atoms with E-state index in [1.54, 1.807) is 16.7 Å². The average molecular weight is 436 g/mol. The van der Waals surface area contributed by atoms with Crippen molar-refractivity contribution in [2.45, 2.75) is 54.9 Å². The molecule has 2 aromatic carbocycles. The van der Waals surface area contributed by atoms with Gasteiger partial charge in [0.15, 0.2) is 0 Å². The van der Waals surface area contributed by atoms with Crippen molar-refractivity contribution in [2.75, 3.05) is 0 Å². The van der Waals surface area contributed by atoms with Crippen LogP contribution in [0.1, 0.15) is 59.6 Å². The first-order chi connectivity index (χ1) is 14.9. The van der Waals surface area contributed by atoms with Crippen molar-refractivity contribution >= 4 is 29.5 Å². The number of rotatable bonds is 5. The van der Waals surface area contributed by atoms with E-state index >= 15 is 0 Å². The van der Waals surface area contributed by atoms with Crippen LogP contribution in [0.5, 0.6) is 0 Å². The van der Waals surface area contributed by atoms with E-state index in [9.17, 15) is 14.4 Å². The molecular weight excluding hydrogens is 410 g/mol. The molecule has 3 aliphatic rings. The largest absolute Gasteiger partial charge is 0.351 e. The zero-order valence-corrected chi connectivity index (χ0v) is 18.3. The molecule has 1 saturated heterocycles. The van der Waals surface area contributed by atoms with Crippen molar-refractivity contribution in [3.63, 3.8) is 0 Å². The molecule has 3 atom stereocenters. The van der Waals surface area contributed by atoms with Crippen molar-refractivity contribution in [1.29, 1.82) is 0 Å². The maximum atomic E-state index is 13.6. The van der Waals surface area contributed by atoms with Crippen LogP contribution in [0.25, 0.3) is 0 Å². The predicted molar refractivity (Wildman–Crippen MR) is 119 cm³/mol. The molecule has 6 nitrogen and oxygen atoms in total. The van der Waals surface area contributed by atoms with Gasteiger partial charge in [-0.25, -0.2) is 0 Å². The molecule has 0 radical (unpaired) electrons. The van der Waals surface area contributed by atoms with Crippen molar-refractivity contribution in [3.05, 3.63) is 71.3 Å². The topological polar surface area (TPSA) is 78.5 Å². The Bertz CT molecular complexity index is 1050. The Hall–Kier alpha value is -2.80. The molecular formula is C24H25N3O3S. The molecule has 2 heterocycles. The first-order valence-corrected chi connectivity index (χ1v) is 11.5. The van der Waals surface area contributed by atoms with Crippen molar-refractivity contribution in [1.82, 2.24) is 15.5 Å². The highest BCUT2D eigenvalue weighted by molar-refractivity contribution is 8.01. The number of amides is 3. The van der Waals surface area contributed by atoms with Gasteiger partial charge in [-0.15, -0.1) is 11.8 Å². The monoisotopic (exact) mass is 435 g/mol.